The van der Waals surface area contributed by atoms with Crippen LogP contribution in [0.2, 0.25) is 0 Å². The fourth-order valence-corrected chi connectivity index (χ4v) is 3.91. The Labute approximate surface area is 174 Å². The van der Waals surface area contributed by atoms with Crippen LogP contribution >= 0.6 is 0 Å². The van der Waals surface area contributed by atoms with E-state index in [0.717, 1.165) is 63.3 Å². The van der Waals surface area contributed by atoms with Crippen molar-refractivity contribution >= 4 is 11.7 Å². The summed E-state index contributed by atoms with van der Waals surface area (Å²) in [7, 11) is 1.86. The minimum Gasteiger partial charge on any atom is -0.494 e. The van der Waals surface area contributed by atoms with Crippen LogP contribution in [0.4, 0.5) is 0 Å². The molecule has 1 atom stereocenters. The number of benzene rings is 1. The Balaban J connectivity index is 1.32. The van der Waals surface area contributed by atoms with E-state index in [1.807, 2.05) is 36.2 Å². The molecule has 0 radical (unpaired) electrons. The summed E-state index contributed by atoms with van der Waals surface area (Å²) >= 11 is 0. The lowest BCUT2D eigenvalue weighted by Gasteiger charge is -2.37. The van der Waals surface area contributed by atoms with Crippen molar-refractivity contribution in [3.05, 3.63) is 29.8 Å². The van der Waals surface area contributed by atoms with Gasteiger partial charge in [0.25, 0.3) is 0 Å². The van der Waals surface area contributed by atoms with Gasteiger partial charge in [-0.1, -0.05) is 13.8 Å². The van der Waals surface area contributed by atoms with Crippen LogP contribution in [0.3, 0.4) is 0 Å². The number of carbonyl (C=O) groups is 2. The smallest absolute Gasteiger partial charge is 0.240 e. The monoisotopic (exact) mass is 401 g/mol. The lowest BCUT2D eigenvalue weighted by molar-refractivity contribution is -0.136. The third kappa shape index (κ3) is 6.03. The highest BCUT2D eigenvalue weighted by Gasteiger charge is 2.30. The normalized spacial score (nSPS) is 18.7. The number of ether oxygens (including phenoxy) is 1. The Morgan fingerprint density at radius 2 is 1.76 bits per heavy atom. The number of nitrogens with one attached hydrogen (secondary N) is 1. The molecule has 29 heavy (non-hydrogen) atoms. The number of Topliss-reactive ketones (excluding diaryl/α,β-unsaturated/α-hetero) is 1. The molecule has 0 aromatic heterocycles. The number of piperazine rings is 1. The van der Waals surface area contributed by atoms with Gasteiger partial charge in [0.2, 0.25) is 5.91 Å². The maximum absolute atomic E-state index is 12.6. The molecule has 1 aromatic rings. The lowest BCUT2D eigenvalue weighted by atomic mass is 10.0. The third-order valence-corrected chi connectivity index (χ3v) is 5.90. The van der Waals surface area contributed by atoms with Gasteiger partial charge in [0, 0.05) is 44.2 Å². The van der Waals surface area contributed by atoms with E-state index in [2.05, 4.69) is 24.1 Å². The largest absolute Gasteiger partial charge is 0.494 e. The fraction of sp³-hybridized carbons (Fsp3) is 0.652. The number of hydrogen-bond acceptors (Lipinski definition) is 5. The van der Waals surface area contributed by atoms with Crippen LogP contribution in [0.1, 0.15) is 43.5 Å². The quantitative estimate of drug-likeness (QED) is 0.482. The number of nitrogens with zero attached hydrogens (tertiary/aromatic N) is 2. The fourth-order valence-electron chi connectivity index (χ4n) is 3.91. The van der Waals surface area contributed by atoms with Gasteiger partial charge in [0.1, 0.15) is 5.75 Å². The molecule has 1 heterocycles. The Hall–Kier alpha value is -1.92. The van der Waals surface area contributed by atoms with Crippen LogP contribution in [0.5, 0.6) is 5.75 Å². The minimum absolute atomic E-state index is 0.0964. The molecule has 0 unspecified atom stereocenters. The Bertz CT molecular complexity index is 677. The molecule has 1 saturated carbocycles. The van der Waals surface area contributed by atoms with E-state index in [1.165, 1.54) is 0 Å². The van der Waals surface area contributed by atoms with Gasteiger partial charge in [0.15, 0.2) is 5.78 Å². The molecule has 0 spiro atoms. The maximum atomic E-state index is 12.6. The molecular formula is C23H35N3O3. The maximum Gasteiger partial charge on any atom is 0.240 e. The van der Waals surface area contributed by atoms with Gasteiger partial charge in [-0.3, -0.25) is 14.5 Å². The minimum atomic E-state index is -0.0964. The second kappa shape index (κ2) is 10.2. The molecular weight excluding hydrogens is 366 g/mol. The van der Waals surface area contributed by atoms with Crippen LogP contribution in [-0.4, -0.2) is 73.9 Å². The Kier molecular flexibility index (Phi) is 7.67. The molecule has 2 aliphatic rings. The summed E-state index contributed by atoms with van der Waals surface area (Å²) in [4.78, 5) is 29.0. The van der Waals surface area contributed by atoms with E-state index in [9.17, 15) is 9.59 Å². The Morgan fingerprint density at radius 1 is 1.10 bits per heavy atom. The van der Waals surface area contributed by atoms with Crippen molar-refractivity contribution in [1.82, 2.24) is 15.1 Å². The molecule has 6 nitrogen and oxygen atoms in total. The van der Waals surface area contributed by atoms with Crippen molar-refractivity contribution in [2.75, 3.05) is 46.4 Å². The highest BCUT2D eigenvalue weighted by molar-refractivity contribution is 5.99. The van der Waals surface area contributed by atoms with E-state index < -0.39 is 0 Å². The third-order valence-electron chi connectivity index (χ3n) is 5.90. The highest BCUT2D eigenvalue weighted by Crippen LogP contribution is 2.32. The molecule has 6 heteroatoms. The van der Waals surface area contributed by atoms with Gasteiger partial charge < -0.3 is 15.0 Å². The summed E-state index contributed by atoms with van der Waals surface area (Å²) in [5, 5.41) is 3.15. The van der Waals surface area contributed by atoms with Crippen molar-refractivity contribution in [1.29, 1.82) is 0 Å². The summed E-state index contributed by atoms with van der Waals surface area (Å²) < 4.78 is 5.83. The molecule has 3 rings (SSSR count). The molecule has 1 saturated heterocycles. The zero-order valence-corrected chi connectivity index (χ0v) is 18.0. The van der Waals surface area contributed by atoms with E-state index in [-0.39, 0.29) is 23.7 Å². The van der Waals surface area contributed by atoms with Crippen molar-refractivity contribution in [3.63, 3.8) is 0 Å². The van der Waals surface area contributed by atoms with Crippen molar-refractivity contribution in [3.8, 4) is 5.75 Å². The lowest BCUT2D eigenvalue weighted by Crippen LogP contribution is -2.55. The molecule has 160 valence electrons. The predicted molar refractivity (Wildman–Crippen MR) is 114 cm³/mol. The number of hydrogen-bond donors (Lipinski definition) is 1. The zero-order chi connectivity index (χ0) is 20.8. The van der Waals surface area contributed by atoms with Crippen LogP contribution in [-0.2, 0) is 4.79 Å². The van der Waals surface area contributed by atoms with E-state index in [1.54, 1.807) is 0 Å². The van der Waals surface area contributed by atoms with Gasteiger partial charge in [0.05, 0.1) is 12.6 Å². The van der Waals surface area contributed by atoms with Crippen LogP contribution in [0.25, 0.3) is 0 Å². The van der Waals surface area contributed by atoms with Crippen molar-refractivity contribution < 1.29 is 14.3 Å². The number of rotatable bonds is 10. The number of carbonyl (C=O) groups excluding carboxylic acids is 2. The van der Waals surface area contributed by atoms with E-state index in [4.69, 9.17) is 4.74 Å². The predicted octanol–water partition coefficient (Wildman–Crippen LogP) is 2.44. The topological polar surface area (TPSA) is 61.9 Å². The van der Waals surface area contributed by atoms with E-state index in [0.29, 0.717) is 12.5 Å². The number of amides is 1. The number of likely N-dealkylation sites (N-methyl/N-ethyl adjacent to an activating group) is 1. The first-order chi connectivity index (χ1) is 14.0. The van der Waals surface area contributed by atoms with Gasteiger partial charge in [-0.25, -0.2) is 0 Å². The summed E-state index contributed by atoms with van der Waals surface area (Å²) in [5.41, 5.74) is 0.797. The average molecular weight is 402 g/mol. The molecule has 1 aromatic carbocycles. The van der Waals surface area contributed by atoms with E-state index >= 15 is 0 Å². The van der Waals surface area contributed by atoms with Crippen molar-refractivity contribution in [2.45, 2.75) is 39.2 Å². The first-order valence-electron chi connectivity index (χ1n) is 10.9. The van der Waals surface area contributed by atoms with Gasteiger partial charge >= 0.3 is 0 Å². The molecule has 1 aliphatic carbocycles. The summed E-state index contributed by atoms with van der Waals surface area (Å²) in [6.07, 6.45) is 3.02. The highest BCUT2D eigenvalue weighted by atomic mass is 16.5. The molecule has 1 aliphatic heterocycles. The summed E-state index contributed by atoms with van der Waals surface area (Å²) in [6.45, 7) is 9.20. The van der Waals surface area contributed by atoms with Crippen LogP contribution in [0, 0.1) is 11.8 Å². The van der Waals surface area contributed by atoms with Gasteiger partial charge in [-0.2, -0.15) is 0 Å². The molecule has 0 bridgehead atoms. The summed E-state index contributed by atoms with van der Waals surface area (Å²) in [6, 6.07) is 7.45. The van der Waals surface area contributed by atoms with Crippen molar-refractivity contribution in [2.24, 2.45) is 11.8 Å². The second-order valence-electron chi connectivity index (χ2n) is 8.54. The van der Waals surface area contributed by atoms with Crippen LogP contribution in [0.15, 0.2) is 24.3 Å². The first kappa shape index (κ1) is 21.8. The van der Waals surface area contributed by atoms with Gasteiger partial charge in [-0.05, 0) is 56.5 Å². The second-order valence-corrected chi connectivity index (χ2v) is 8.54. The zero-order valence-electron chi connectivity index (χ0n) is 18.0. The Morgan fingerprint density at radius 3 is 2.31 bits per heavy atom. The molecule has 1 N–H and O–H groups in total. The standard InChI is InChI=1S/C23H35N3O3/c1-17(2)21(24-3)23(28)26-14-12-25(13-15-26)11-4-16-29-20-9-7-19(8-10-20)22(27)18-5-6-18/h7-10,17-18,21,24H,4-6,11-16H2,1-3H3/t21-/m1/s1. The average Bonchev–Trinajstić information content (AvgIpc) is 3.57. The number of ketones is 1. The molecule has 1 amide bonds. The summed E-state index contributed by atoms with van der Waals surface area (Å²) in [5.74, 6) is 1.85. The SMILES string of the molecule is CN[C@@H](C(=O)N1CCN(CCCOc2ccc(C(=O)C3CC3)cc2)CC1)C(C)C. The first-order valence-corrected chi connectivity index (χ1v) is 10.9. The molecule has 2 fully saturated rings. The van der Waals surface area contributed by atoms with Crippen LogP contribution < -0.4 is 10.1 Å². The van der Waals surface area contributed by atoms with Gasteiger partial charge in [-0.15, -0.1) is 0 Å².